The van der Waals surface area contributed by atoms with Gasteiger partial charge in [-0.05, 0) is 18.8 Å². The quantitative estimate of drug-likeness (QED) is 0.663. The maximum Gasteiger partial charge on any atom is 0.321 e. The molecule has 0 unspecified atom stereocenters. The molecule has 5 nitrogen and oxygen atoms in total. The zero-order valence-electron chi connectivity index (χ0n) is 10.8. The van der Waals surface area contributed by atoms with E-state index in [1.54, 1.807) is 0 Å². The van der Waals surface area contributed by atoms with E-state index >= 15 is 0 Å². The number of carbonyl (C=O) groups is 1. The lowest BCUT2D eigenvalue weighted by molar-refractivity contribution is -0.139. The summed E-state index contributed by atoms with van der Waals surface area (Å²) in [6.45, 7) is 5.80. The molecule has 0 fully saturated rings. The lowest BCUT2D eigenvalue weighted by Crippen LogP contribution is -2.41. The Morgan fingerprint density at radius 2 is 1.88 bits per heavy atom. The molecule has 1 atom stereocenters. The number of unbranched alkanes of at least 4 members (excludes halogenated alkanes) is 1. The standard InChI is InChI=1S/C11H23NO4S/c1-4-5-6-10(11(13)14)12-17(15,16)8-7-9(2)3/h9-10,12H,4-8H2,1-3H3,(H,13,14)/t10-/m0/s1. The number of sulfonamides is 1. The Bertz CT molecular complexity index is 324. The van der Waals surface area contributed by atoms with E-state index in [1.807, 2.05) is 20.8 Å². The predicted octanol–water partition coefficient (Wildman–Crippen LogP) is 1.60. The molecular formula is C11H23NO4S. The molecule has 17 heavy (non-hydrogen) atoms. The van der Waals surface area contributed by atoms with Crippen LogP contribution in [-0.4, -0.2) is 31.3 Å². The Hall–Kier alpha value is -0.620. The molecule has 2 N–H and O–H groups in total. The summed E-state index contributed by atoms with van der Waals surface area (Å²) in [6.07, 6.45) is 2.42. The van der Waals surface area contributed by atoms with Gasteiger partial charge in [0.2, 0.25) is 10.0 Å². The van der Waals surface area contributed by atoms with Crippen LogP contribution in [0.25, 0.3) is 0 Å². The Morgan fingerprint density at radius 1 is 1.29 bits per heavy atom. The van der Waals surface area contributed by atoms with Gasteiger partial charge in [0.25, 0.3) is 0 Å². The number of hydrogen-bond donors (Lipinski definition) is 2. The van der Waals surface area contributed by atoms with Crippen molar-refractivity contribution < 1.29 is 18.3 Å². The zero-order valence-corrected chi connectivity index (χ0v) is 11.6. The van der Waals surface area contributed by atoms with Gasteiger partial charge in [-0.25, -0.2) is 13.1 Å². The zero-order chi connectivity index (χ0) is 13.5. The number of aliphatic carboxylic acids is 1. The predicted molar refractivity (Wildman–Crippen MR) is 67.3 cm³/mol. The summed E-state index contributed by atoms with van der Waals surface area (Å²) in [5, 5.41) is 8.91. The molecule has 0 saturated heterocycles. The van der Waals surface area contributed by atoms with Crippen LogP contribution in [0.5, 0.6) is 0 Å². The Morgan fingerprint density at radius 3 is 2.29 bits per heavy atom. The highest BCUT2D eigenvalue weighted by atomic mass is 32.2. The Labute approximate surface area is 104 Å². The molecule has 0 amide bonds. The monoisotopic (exact) mass is 265 g/mol. The first-order valence-electron chi connectivity index (χ1n) is 6.01. The highest BCUT2D eigenvalue weighted by Crippen LogP contribution is 2.06. The van der Waals surface area contributed by atoms with Crippen LogP contribution in [0.2, 0.25) is 0 Å². The van der Waals surface area contributed by atoms with Crippen LogP contribution in [0, 0.1) is 5.92 Å². The van der Waals surface area contributed by atoms with Gasteiger partial charge in [-0.15, -0.1) is 0 Å². The van der Waals surface area contributed by atoms with Gasteiger partial charge in [0, 0.05) is 0 Å². The van der Waals surface area contributed by atoms with E-state index in [0.717, 1.165) is 6.42 Å². The van der Waals surface area contributed by atoms with E-state index in [-0.39, 0.29) is 11.7 Å². The Kier molecular flexibility index (Phi) is 7.38. The summed E-state index contributed by atoms with van der Waals surface area (Å²) < 4.78 is 25.5. The van der Waals surface area contributed by atoms with Crippen molar-refractivity contribution in [3.05, 3.63) is 0 Å². The van der Waals surface area contributed by atoms with Crippen LogP contribution < -0.4 is 4.72 Å². The van der Waals surface area contributed by atoms with Crippen molar-refractivity contribution in [2.45, 2.75) is 52.5 Å². The van der Waals surface area contributed by atoms with Gasteiger partial charge < -0.3 is 5.11 Å². The van der Waals surface area contributed by atoms with Crippen molar-refractivity contribution >= 4 is 16.0 Å². The first kappa shape index (κ1) is 16.4. The molecule has 0 radical (unpaired) electrons. The topological polar surface area (TPSA) is 83.5 Å². The SMILES string of the molecule is CCCC[C@H](NS(=O)(=O)CCC(C)C)C(=O)O. The summed E-state index contributed by atoms with van der Waals surface area (Å²) >= 11 is 0. The molecule has 0 heterocycles. The largest absolute Gasteiger partial charge is 0.480 e. The second-order valence-corrected chi connectivity index (χ2v) is 6.53. The van der Waals surface area contributed by atoms with Crippen molar-refractivity contribution in [3.8, 4) is 0 Å². The van der Waals surface area contributed by atoms with Crippen LogP contribution in [0.15, 0.2) is 0 Å². The van der Waals surface area contributed by atoms with E-state index in [1.165, 1.54) is 0 Å². The smallest absolute Gasteiger partial charge is 0.321 e. The molecule has 0 aliphatic heterocycles. The molecule has 6 heteroatoms. The van der Waals surface area contributed by atoms with Crippen LogP contribution >= 0.6 is 0 Å². The third-order valence-corrected chi connectivity index (χ3v) is 3.85. The number of carboxylic acid groups (broad SMARTS) is 1. The minimum Gasteiger partial charge on any atom is -0.480 e. The molecule has 0 bridgehead atoms. The Balaban J connectivity index is 4.37. The van der Waals surface area contributed by atoms with E-state index in [4.69, 9.17) is 5.11 Å². The van der Waals surface area contributed by atoms with Crippen LogP contribution in [0.1, 0.15) is 46.5 Å². The molecule has 0 aromatic carbocycles. The highest BCUT2D eigenvalue weighted by molar-refractivity contribution is 7.89. The average molecular weight is 265 g/mol. The van der Waals surface area contributed by atoms with Gasteiger partial charge in [-0.3, -0.25) is 4.79 Å². The van der Waals surface area contributed by atoms with Crippen molar-refractivity contribution in [3.63, 3.8) is 0 Å². The lowest BCUT2D eigenvalue weighted by Gasteiger charge is -2.14. The van der Waals surface area contributed by atoms with E-state index in [9.17, 15) is 13.2 Å². The van der Waals surface area contributed by atoms with E-state index < -0.39 is 22.0 Å². The molecule has 0 aliphatic rings. The van der Waals surface area contributed by atoms with Gasteiger partial charge in [0.1, 0.15) is 6.04 Å². The maximum atomic E-state index is 11.6. The molecule has 0 aliphatic carbocycles. The second kappa shape index (κ2) is 7.66. The minimum atomic E-state index is -3.48. The summed E-state index contributed by atoms with van der Waals surface area (Å²) in [6, 6.07) is -0.993. The molecule has 102 valence electrons. The third-order valence-electron chi connectivity index (χ3n) is 2.43. The van der Waals surface area contributed by atoms with Gasteiger partial charge >= 0.3 is 5.97 Å². The minimum absolute atomic E-state index is 0.0133. The normalized spacial score (nSPS) is 13.9. The van der Waals surface area contributed by atoms with Gasteiger partial charge in [-0.2, -0.15) is 0 Å². The summed E-state index contributed by atoms with van der Waals surface area (Å²) in [7, 11) is -3.48. The molecule has 0 spiro atoms. The van der Waals surface area contributed by atoms with Gasteiger partial charge in [0.15, 0.2) is 0 Å². The number of hydrogen-bond acceptors (Lipinski definition) is 3. The first-order chi connectivity index (χ1) is 7.78. The van der Waals surface area contributed by atoms with Crippen molar-refractivity contribution in [1.29, 1.82) is 0 Å². The van der Waals surface area contributed by atoms with Gasteiger partial charge in [0.05, 0.1) is 5.75 Å². The fourth-order valence-corrected chi connectivity index (χ4v) is 2.86. The fraction of sp³-hybridized carbons (Fsp3) is 0.909. The maximum absolute atomic E-state index is 11.6. The molecule has 0 aromatic rings. The molecule has 0 aromatic heterocycles. The number of carboxylic acids is 1. The molecule has 0 saturated carbocycles. The van der Waals surface area contributed by atoms with Crippen LogP contribution in [0.3, 0.4) is 0 Å². The molecule has 0 rings (SSSR count). The van der Waals surface area contributed by atoms with Crippen molar-refractivity contribution in [1.82, 2.24) is 4.72 Å². The highest BCUT2D eigenvalue weighted by Gasteiger charge is 2.23. The summed E-state index contributed by atoms with van der Waals surface area (Å²) in [5.74, 6) is -0.835. The summed E-state index contributed by atoms with van der Waals surface area (Å²) in [4.78, 5) is 10.9. The van der Waals surface area contributed by atoms with Crippen molar-refractivity contribution in [2.75, 3.05) is 5.75 Å². The van der Waals surface area contributed by atoms with Gasteiger partial charge in [-0.1, -0.05) is 33.6 Å². The second-order valence-electron chi connectivity index (χ2n) is 4.65. The lowest BCUT2D eigenvalue weighted by atomic mass is 10.1. The van der Waals surface area contributed by atoms with E-state index in [0.29, 0.717) is 19.3 Å². The van der Waals surface area contributed by atoms with Crippen LogP contribution in [-0.2, 0) is 14.8 Å². The number of rotatable bonds is 9. The average Bonchev–Trinajstić information content (AvgIpc) is 2.21. The third kappa shape index (κ3) is 8.15. The van der Waals surface area contributed by atoms with Crippen molar-refractivity contribution in [2.24, 2.45) is 5.92 Å². The van der Waals surface area contributed by atoms with E-state index in [2.05, 4.69) is 4.72 Å². The number of nitrogens with one attached hydrogen (secondary N) is 1. The summed E-state index contributed by atoms with van der Waals surface area (Å²) in [5.41, 5.74) is 0. The fourth-order valence-electron chi connectivity index (χ4n) is 1.31. The van der Waals surface area contributed by atoms with Crippen LogP contribution in [0.4, 0.5) is 0 Å². The molecular weight excluding hydrogens is 242 g/mol. The first-order valence-corrected chi connectivity index (χ1v) is 7.66.